The zero-order valence-corrected chi connectivity index (χ0v) is 10.0. The normalized spacial score (nSPS) is 11.1. The summed E-state index contributed by atoms with van der Waals surface area (Å²) in [5.41, 5.74) is 3.67. The van der Waals surface area contributed by atoms with Gasteiger partial charge in [-0.15, -0.1) is 0 Å². The summed E-state index contributed by atoms with van der Waals surface area (Å²) in [5, 5.41) is 0. The first-order chi connectivity index (χ1) is 7.24. The number of aryl methyl sites for hydroxylation is 2. The Kier molecular flexibility index (Phi) is 2.91. The second-order valence-electron chi connectivity index (χ2n) is 3.90. The molecule has 2 aromatic rings. The molecule has 0 amide bonds. The highest BCUT2D eigenvalue weighted by atomic mass is 32.1. The molecule has 0 fully saturated rings. The third kappa shape index (κ3) is 1.84. The first-order valence-electron chi connectivity index (χ1n) is 5.42. The minimum Gasteiger partial charge on any atom is -0.330 e. The second kappa shape index (κ2) is 4.19. The molecule has 0 atom stereocenters. The number of hydrogen-bond acceptors (Lipinski definition) is 1. The van der Waals surface area contributed by atoms with Crippen LogP contribution in [0.2, 0.25) is 0 Å². The monoisotopic (exact) mass is 220 g/mol. The summed E-state index contributed by atoms with van der Waals surface area (Å²) >= 11 is 5.33. The van der Waals surface area contributed by atoms with Crippen LogP contribution in [0, 0.1) is 11.7 Å². The number of aromatic nitrogens is 2. The van der Waals surface area contributed by atoms with E-state index in [1.54, 1.807) is 0 Å². The van der Waals surface area contributed by atoms with Crippen molar-refractivity contribution in [3.05, 3.63) is 28.5 Å². The zero-order chi connectivity index (χ0) is 10.8. The van der Waals surface area contributed by atoms with Crippen molar-refractivity contribution in [2.24, 2.45) is 0 Å². The molecule has 2 nitrogen and oxygen atoms in total. The number of para-hydroxylation sites is 1. The fourth-order valence-electron chi connectivity index (χ4n) is 1.86. The van der Waals surface area contributed by atoms with Crippen molar-refractivity contribution in [3.8, 4) is 0 Å². The second-order valence-corrected chi connectivity index (χ2v) is 4.29. The molecule has 1 N–H and O–H groups in total. The Labute approximate surface area is 94.9 Å². The SMILES string of the molecule is CCCCn1c(=S)[nH]c2c(C)cccc21. The predicted molar refractivity (Wildman–Crippen MR) is 66.8 cm³/mol. The molecule has 0 saturated heterocycles. The van der Waals surface area contributed by atoms with E-state index in [-0.39, 0.29) is 0 Å². The third-order valence-electron chi connectivity index (χ3n) is 2.75. The van der Waals surface area contributed by atoms with Gasteiger partial charge in [-0.3, -0.25) is 0 Å². The number of benzene rings is 1. The van der Waals surface area contributed by atoms with E-state index in [1.165, 1.54) is 29.4 Å². The number of rotatable bonds is 3. The van der Waals surface area contributed by atoms with Crippen LogP contribution in [0.25, 0.3) is 11.0 Å². The van der Waals surface area contributed by atoms with Gasteiger partial charge >= 0.3 is 0 Å². The first-order valence-corrected chi connectivity index (χ1v) is 5.83. The number of unbranched alkanes of at least 4 members (excludes halogenated alkanes) is 1. The smallest absolute Gasteiger partial charge is 0.178 e. The standard InChI is InChI=1S/C12H16N2S/c1-3-4-8-14-10-7-5-6-9(2)11(10)13-12(14)15/h5-7H,3-4,8H2,1-2H3,(H,13,15). The average molecular weight is 220 g/mol. The van der Waals surface area contributed by atoms with Crippen molar-refractivity contribution in [2.45, 2.75) is 33.2 Å². The zero-order valence-electron chi connectivity index (χ0n) is 9.21. The van der Waals surface area contributed by atoms with E-state index in [1.807, 2.05) is 0 Å². The van der Waals surface area contributed by atoms with Gasteiger partial charge in [0.2, 0.25) is 0 Å². The van der Waals surface area contributed by atoms with Gasteiger partial charge in [0.25, 0.3) is 0 Å². The molecule has 15 heavy (non-hydrogen) atoms. The molecule has 0 unspecified atom stereocenters. The lowest BCUT2D eigenvalue weighted by molar-refractivity contribution is 0.639. The van der Waals surface area contributed by atoms with Gasteiger partial charge < -0.3 is 9.55 Å². The Morgan fingerprint density at radius 1 is 1.40 bits per heavy atom. The van der Waals surface area contributed by atoms with Crippen LogP contribution in [0.15, 0.2) is 18.2 Å². The van der Waals surface area contributed by atoms with Crippen LogP contribution in [0.5, 0.6) is 0 Å². The van der Waals surface area contributed by atoms with E-state index in [9.17, 15) is 0 Å². The van der Waals surface area contributed by atoms with Crippen LogP contribution in [-0.2, 0) is 6.54 Å². The van der Waals surface area contributed by atoms with Crippen LogP contribution < -0.4 is 0 Å². The van der Waals surface area contributed by atoms with E-state index in [0.717, 1.165) is 11.3 Å². The van der Waals surface area contributed by atoms with Crippen molar-refractivity contribution in [1.29, 1.82) is 0 Å². The lowest BCUT2D eigenvalue weighted by Gasteiger charge is -2.02. The molecule has 80 valence electrons. The van der Waals surface area contributed by atoms with Gasteiger partial charge in [0.15, 0.2) is 4.77 Å². The fraction of sp³-hybridized carbons (Fsp3) is 0.417. The van der Waals surface area contributed by atoms with Gasteiger partial charge in [-0.2, -0.15) is 0 Å². The Hall–Kier alpha value is -1.09. The van der Waals surface area contributed by atoms with E-state index in [2.05, 4.69) is 41.6 Å². The van der Waals surface area contributed by atoms with Gasteiger partial charge in [0.05, 0.1) is 11.0 Å². The Morgan fingerprint density at radius 3 is 2.93 bits per heavy atom. The lowest BCUT2D eigenvalue weighted by Crippen LogP contribution is -1.97. The maximum Gasteiger partial charge on any atom is 0.178 e. The summed E-state index contributed by atoms with van der Waals surface area (Å²) < 4.78 is 3.04. The highest BCUT2D eigenvalue weighted by molar-refractivity contribution is 7.71. The topological polar surface area (TPSA) is 20.7 Å². The minimum atomic E-state index is 0.841. The molecular formula is C12H16N2S. The van der Waals surface area contributed by atoms with Gasteiger partial charge in [0.1, 0.15) is 0 Å². The minimum absolute atomic E-state index is 0.841. The summed E-state index contributed by atoms with van der Waals surface area (Å²) in [4.78, 5) is 3.28. The summed E-state index contributed by atoms with van der Waals surface area (Å²) in [6.07, 6.45) is 2.37. The predicted octanol–water partition coefficient (Wildman–Crippen LogP) is 3.81. The van der Waals surface area contributed by atoms with Crippen molar-refractivity contribution in [1.82, 2.24) is 9.55 Å². The first kappa shape index (κ1) is 10.4. The highest BCUT2D eigenvalue weighted by Crippen LogP contribution is 2.18. The molecule has 0 aliphatic carbocycles. The molecular weight excluding hydrogens is 204 g/mol. The molecule has 0 aliphatic rings. The van der Waals surface area contributed by atoms with Crippen molar-refractivity contribution < 1.29 is 0 Å². The largest absolute Gasteiger partial charge is 0.330 e. The molecule has 1 heterocycles. The van der Waals surface area contributed by atoms with Crippen LogP contribution >= 0.6 is 12.2 Å². The number of fused-ring (bicyclic) bond motifs is 1. The maximum atomic E-state index is 5.33. The maximum absolute atomic E-state index is 5.33. The number of imidazole rings is 1. The molecule has 0 bridgehead atoms. The van der Waals surface area contributed by atoms with E-state index >= 15 is 0 Å². The highest BCUT2D eigenvalue weighted by Gasteiger charge is 2.04. The molecule has 0 radical (unpaired) electrons. The van der Waals surface area contributed by atoms with Crippen molar-refractivity contribution in [3.63, 3.8) is 0 Å². The van der Waals surface area contributed by atoms with Crippen LogP contribution in [0.4, 0.5) is 0 Å². The number of nitrogens with zero attached hydrogens (tertiary/aromatic N) is 1. The Bertz CT molecular complexity index is 522. The summed E-state index contributed by atoms with van der Waals surface area (Å²) in [6.45, 7) is 5.32. The summed E-state index contributed by atoms with van der Waals surface area (Å²) in [5.74, 6) is 0. The molecule has 0 spiro atoms. The van der Waals surface area contributed by atoms with Crippen LogP contribution in [-0.4, -0.2) is 9.55 Å². The quantitative estimate of drug-likeness (QED) is 0.780. The van der Waals surface area contributed by atoms with Gasteiger partial charge in [-0.25, -0.2) is 0 Å². The van der Waals surface area contributed by atoms with Crippen molar-refractivity contribution in [2.75, 3.05) is 0 Å². The van der Waals surface area contributed by atoms with E-state index in [0.29, 0.717) is 0 Å². The molecule has 1 aromatic carbocycles. The van der Waals surface area contributed by atoms with E-state index in [4.69, 9.17) is 12.2 Å². The number of nitrogens with one attached hydrogen (secondary N) is 1. The number of hydrogen-bond donors (Lipinski definition) is 1. The van der Waals surface area contributed by atoms with Gasteiger partial charge in [-0.1, -0.05) is 25.5 Å². The lowest BCUT2D eigenvalue weighted by atomic mass is 10.2. The Balaban J connectivity index is 2.58. The number of H-pyrrole nitrogens is 1. The molecule has 0 aliphatic heterocycles. The number of aromatic amines is 1. The summed E-state index contributed by atoms with van der Waals surface area (Å²) in [7, 11) is 0. The van der Waals surface area contributed by atoms with Crippen molar-refractivity contribution >= 4 is 23.3 Å². The van der Waals surface area contributed by atoms with E-state index < -0.39 is 0 Å². The third-order valence-corrected chi connectivity index (χ3v) is 3.08. The summed E-state index contributed by atoms with van der Waals surface area (Å²) in [6, 6.07) is 6.32. The fourth-order valence-corrected chi connectivity index (χ4v) is 2.15. The molecule has 2 rings (SSSR count). The molecule has 0 saturated carbocycles. The Morgan fingerprint density at radius 2 is 2.20 bits per heavy atom. The molecule has 1 aromatic heterocycles. The van der Waals surface area contributed by atoms with Crippen LogP contribution in [0.1, 0.15) is 25.3 Å². The van der Waals surface area contributed by atoms with Gasteiger partial charge in [0, 0.05) is 6.54 Å². The average Bonchev–Trinajstić information content (AvgIpc) is 2.54. The van der Waals surface area contributed by atoms with Crippen LogP contribution in [0.3, 0.4) is 0 Å². The van der Waals surface area contributed by atoms with Gasteiger partial charge in [-0.05, 0) is 37.2 Å². The molecule has 3 heteroatoms.